The molecule has 0 radical (unpaired) electrons. The molecular formula is C21H17N3O3S2. The zero-order valence-electron chi connectivity index (χ0n) is 15.4. The molecule has 0 fully saturated rings. The number of carbonyl (C=O) groups excluding carboxylic acids is 1. The van der Waals surface area contributed by atoms with E-state index >= 15 is 0 Å². The van der Waals surface area contributed by atoms with Gasteiger partial charge < -0.3 is 5.32 Å². The highest BCUT2D eigenvalue weighted by molar-refractivity contribution is 7.89. The molecule has 0 aliphatic rings. The van der Waals surface area contributed by atoms with Gasteiger partial charge >= 0.3 is 0 Å². The Morgan fingerprint density at radius 1 is 1.07 bits per heavy atom. The van der Waals surface area contributed by atoms with E-state index in [0.29, 0.717) is 33.4 Å². The first kappa shape index (κ1) is 19.3. The maximum absolute atomic E-state index is 13.1. The van der Waals surface area contributed by atoms with Gasteiger partial charge in [-0.15, -0.1) is 11.3 Å². The van der Waals surface area contributed by atoms with E-state index in [1.807, 2.05) is 41.8 Å². The third-order valence-electron chi connectivity index (χ3n) is 4.49. The van der Waals surface area contributed by atoms with E-state index in [1.54, 1.807) is 36.5 Å². The number of amides is 1. The number of aromatic nitrogens is 1. The van der Waals surface area contributed by atoms with Gasteiger partial charge in [0.2, 0.25) is 10.0 Å². The largest absolute Gasteiger partial charge is 0.322 e. The minimum absolute atomic E-state index is 0.0193. The normalized spacial score (nSPS) is 11.5. The molecule has 146 valence electrons. The molecular weight excluding hydrogens is 406 g/mol. The van der Waals surface area contributed by atoms with Gasteiger partial charge in [0, 0.05) is 11.1 Å². The van der Waals surface area contributed by atoms with Crippen LogP contribution in [0, 0.1) is 6.92 Å². The van der Waals surface area contributed by atoms with Crippen LogP contribution < -0.4 is 10.5 Å². The lowest BCUT2D eigenvalue weighted by atomic mass is 10.1. The monoisotopic (exact) mass is 423 g/mol. The molecule has 0 bridgehead atoms. The Morgan fingerprint density at radius 3 is 2.59 bits per heavy atom. The SMILES string of the molecule is Cc1ccc(NC(=O)c2cc(-c3cccs3)nc3ccccc23)cc1S(N)(=O)=O. The quantitative estimate of drug-likeness (QED) is 0.514. The van der Waals surface area contributed by atoms with Crippen molar-refractivity contribution in [2.75, 3.05) is 5.32 Å². The van der Waals surface area contributed by atoms with Crippen LogP contribution >= 0.6 is 11.3 Å². The molecule has 8 heteroatoms. The lowest BCUT2D eigenvalue weighted by molar-refractivity contribution is 0.102. The molecule has 0 spiro atoms. The Hall–Kier alpha value is -3.07. The molecule has 2 aromatic heterocycles. The first-order valence-corrected chi connectivity index (χ1v) is 11.1. The van der Waals surface area contributed by atoms with E-state index in [4.69, 9.17) is 5.14 Å². The summed E-state index contributed by atoms with van der Waals surface area (Å²) >= 11 is 1.54. The molecule has 0 saturated heterocycles. The van der Waals surface area contributed by atoms with Crippen LogP contribution in [0.3, 0.4) is 0 Å². The number of para-hydroxylation sites is 1. The molecule has 3 N–H and O–H groups in total. The fourth-order valence-corrected chi connectivity index (χ4v) is 4.59. The van der Waals surface area contributed by atoms with Crippen molar-refractivity contribution in [3.63, 3.8) is 0 Å². The second-order valence-corrected chi connectivity index (χ2v) is 9.01. The van der Waals surface area contributed by atoms with Gasteiger partial charge in [-0.1, -0.05) is 30.3 Å². The van der Waals surface area contributed by atoms with E-state index < -0.39 is 10.0 Å². The predicted octanol–water partition coefficient (Wildman–Crippen LogP) is 4.17. The Labute approximate surface area is 172 Å². The van der Waals surface area contributed by atoms with E-state index in [0.717, 1.165) is 4.88 Å². The summed E-state index contributed by atoms with van der Waals surface area (Å²) < 4.78 is 23.5. The number of primary sulfonamides is 1. The van der Waals surface area contributed by atoms with Gasteiger partial charge in [0.05, 0.1) is 26.5 Å². The van der Waals surface area contributed by atoms with Crippen LogP contribution in [0.15, 0.2) is 70.9 Å². The molecule has 1 amide bonds. The van der Waals surface area contributed by atoms with Gasteiger partial charge in [0.15, 0.2) is 0 Å². The zero-order valence-corrected chi connectivity index (χ0v) is 17.0. The summed E-state index contributed by atoms with van der Waals surface area (Å²) in [6.45, 7) is 1.65. The summed E-state index contributed by atoms with van der Waals surface area (Å²) in [5, 5.41) is 10.7. The fourth-order valence-electron chi connectivity index (χ4n) is 3.10. The third-order valence-corrected chi connectivity index (χ3v) is 6.43. The molecule has 0 aliphatic heterocycles. The number of hydrogen-bond donors (Lipinski definition) is 2. The maximum atomic E-state index is 13.1. The summed E-state index contributed by atoms with van der Waals surface area (Å²) in [6.07, 6.45) is 0. The van der Waals surface area contributed by atoms with Crippen LogP contribution in [0.25, 0.3) is 21.5 Å². The number of pyridine rings is 1. The average Bonchev–Trinajstić information content (AvgIpc) is 3.22. The highest BCUT2D eigenvalue weighted by Gasteiger charge is 2.17. The molecule has 0 saturated carbocycles. The standard InChI is InChI=1S/C21H17N3O3S2/c1-13-8-9-14(11-20(13)29(22,26)27)23-21(25)16-12-18(19-7-4-10-28-19)24-17-6-3-2-5-15(16)17/h2-12H,1H3,(H,23,25)(H2,22,26,27). The number of rotatable bonds is 4. The second-order valence-electron chi connectivity index (χ2n) is 6.53. The smallest absolute Gasteiger partial charge is 0.256 e. The number of nitrogens with two attached hydrogens (primary N) is 1. The van der Waals surface area contributed by atoms with Crippen molar-refractivity contribution in [3.05, 3.63) is 77.2 Å². The number of hydrogen-bond acceptors (Lipinski definition) is 5. The third kappa shape index (κ3) is 3.91. The maximum Gasteiger partial charge on any atom is 0.256 e. The topological polar surface area (TPSA) is 102 Å². The van der Waals surface area contributed by atoms with Crippen molar-refractivity contribution < 1.29 is 13.2 Å². The number of nitrogens with zero attached hydrogens (tertiary/aromatic N) is 1. The summed E-state index contributed by atoms with van der Waals surface area (Å²) in [5.41, 5.74) is 2.73. The molecule has 4 aromatic rings. The summed E-state index contributed by atoms with van der Waals surface area (Å²) in [4.78, 5) is 18.7. The van der Waals surface area contributed by atoms with Crippen molar-refractivity contribution in [3.8, 4) is 10.6 Å². The Balaban J connectivity index is 1.78. The molecule has 2 heterocycles. The van der Waals surface area contributed by atoms with Gasteiger partial charge in [0.1, 0.15) is 0 Å². The second kappa shape index (κ2) is 7.40. The van der Waals surface area contributed by atoms with Crippen LogP contribution in [0.2, 0.25) is 0 Å². The van der Waals surface area contributed by atoms with Gasteiger partial charge in [-0.05, 0) is 48.2 Å². The van der Waals surface area contributed by atoms with Gasteiger partial charge in [-0.25, -0.2) is 18.5 Å². The number of benzene rings is 2. The average molecular weight is 424 g/mol. The Bertz CT molecular complexity index is 1330. The molecule has 4 rings (SSSR count). The van der Waals surface area contributed by atoms with Crippen molar-refractivity contribution in [1.82, 2.24) is 4.98 Å². The first-order chi connectivity index (χ1) is 13.8. The summed E-state index contributed by atoms with van der Waals surface area (Å²) in [5.74, 6) is -0.356. The highest BCUT2D eigenvalue weighted by Crippen LogP contribution is 2.28. The molecule has 2 aromatic carbocycles. The zero-order chi connectivity index (χ0) is 20.6. The lowest BCUT2D eigenvalue weighted by Crippen LogP contribution is -2.16. The van der Waals surface area contributed by atoms with Crippen LogP contribution in [-0.4, -0.2) is 19.3 Å². The lowest BCUT2D eigenvalue weighted by Gasteiger charge is -2.11. The van der Waals surface area contributed by atoms with Crippen molar-refractivity contribution in [2.45, 2.75) is 11.8 Å². The molecule has 6 nitrogen and oxygen atoms in total. The van der Waals surface area contributed by atoms with E-state index in [1.165, 1.54) is 6.07 Å². The van der Waals surface area contributed by atoms with E-state index in [9.17, 15) is 13.2 Å². The number of thiophene rings is 1. The van der Waals surface area contributed by atoms with Gasteiger partial charge in [-0.3, -0.25) is 4.79 Å². The van der Waals surface area contributed by atoms with Crippen molar-refractivity contribution >= 4 is 43.9 Å². The van der Waals surface area contributed by atoms with Crippen LogP contribution in [-0.2, 0) is 10.0 Å². The number of nitrogens with one attached hydrogen (secondary N) is 1. The molecule has 0 unspecified atom stereocenters. The number of carbonyl (C=O) groups is 1. The first-order valence-electron chi connectivity index (χ1n) is 8.71. The Morgan fingerprint density at radius 2 is 1.86 bits per heavy atom. The number of aryl methyl sites for hydroxylation is 1. The van der Waals surface area contributed by atoms with Crippen LogP contribution in [0.5, 0.6) is 0 Å². The van der Waals surface area contributed by atoms with Crippen LogP contribution in [0.1, 0.15) is 15.9 Å². The number of sulfonamides is 1. The van der Waals surface area contributed by atoms with E-state index in [2.05, 4.69) is 10.3 Å². The van der Waals surface area contributed by atoms with Crippen LogP contribution in [0.4, 0.5) is 5.69 Å². The minimum Gasteiger partial charge on any atom is -0.322 e. The van der Waals surface area contributed by atoms with Crippen molar-refractivity contribution in [1.29, 1.82) is 0 Å². The minimum atomic E-state index is -3.89. The molecule has 29 heavy (non-hydrogen) atoms. The van der Waals surface area contributed by atoms with Gasteiger partial charge in [-0.2, -0.15) is 0 Å². The molecule has 0 aliphatic carbocycles. The number of fused-ring (bicyclic) bond motifs is 1. The van der Waals surface area contributed by atoms with E-state index in [-0.39, 0.29) is 10.8 Å². The summed E-state index contributed by atoms with van der Waals surface area (Å²) in [6, 6.07) is 17.6. The van der Waals surface area contributed by atoms with Gasteiger partial charge in [0.25, 0.3) is 5.91 Å². The van der Waals surface area contributed by atoms with Crippen molar-refractivity contribution in [2.24, 2.45) is 5.14 Å². The fraction of sp³-hybridized carbons (Fsp3) is 0.0476. The molecule has 0 atom stereocenters. The Kier molecular flexibility index (Phi) is 4.91. The predicted molar refractivity (Wildman–Crippen MR) is 116 cm³/mol. The number of anilines is 1. The summed E-state index contributed by atoms with van der Waals surface area (Å²) in [7, 11) is -3.89. The highest BCUT2D eigenvalue weighted by atomic mass is 32.2.